The summed E-state index contributed by atoms with van der Waals surface area (Å²) < 4.78 is 7.13. The van der Waals surface area contributed by atoms with E-state index >= 15 is 0 Å². The first kappa shape index (κ1) is 24.5. The van der Waals surface area contributed by atoms with Gasteiger partial charge in [0.25, 0.3) is 5.91 Å². The number of nitro groups is 1. The van der Waals surface area contributed by atoms with Crippen LogP contribution in [0.5, 0.6) is 11.5 Å². The Morgan fingerprint density at radius 1 is 1.16 bits per heavy atom. The molecule has 0 aliphatic heterocycles. The maximum absolute atomic E-state index is 13.5. The van der Waals surface area contributed by atoms with Crippen molar-refractivity contribution in [3.63, 3.8) is 0 Å². The van der Waals surface area contributed by atoms with Crippen molar-refractivity contribution in [3.05, 3.63) is 103 Å². The number of fused-ring (bicyclic) bond motifs is 1. The minimum absolute atomic E-state index is 0.174. The first-order valence-corrected chi connectivity index (χ1v) is 12.4. The third kappa shape index (κ3) is 4.54. The highest BCUT2D eigenvalue weighted by Crippen LogP contribution is 2.35. The van der Waals surface area contributed by atoms with E-state index in [1.54, 1.807) is 42.0 Å². The second kappa shape index (κ2) is 9.68. The molecule has 0 radical (unpaired) electrons. The monoisotopic (exact) mass is 533 g/mol. The second-order valence-corrected chi connectivity index (χ2v) is 9.74. The van der Waals surface area contributed by atoms with Gasteiger partial charge in [0, 0.05) is 45.1 Å². The summed E-state index contributed by atoms with van der Waals surface area (Å²) >= 11 is 7.43. The van der Waals surface area contributed by atoms with Crippen molar-refractivity contribution in [2.45, 2.75) is 13.3 Å². The van der Waals surface area contributed by atoms with Crippen LogP contribution in [0.3, 0.4) is 0 Å². The number of phenolic OH excluding ortho intramolecular Hbond substituents is 1. The Labute approximate surface area is 220 Å². The summed E-state index contributed by atoms with van der Waals surface area (Å²) in [6, 6.07) is 16.5. The average Bonchev–Trinajstić information content (AvgIpc) is 3.46. The molecule has 0 aliphatic rings. The number of ether oxygens (including phenoxy) is 1. The number of rotatable bonds is 6. The zero-order valence-corrected chi connectivity index (χ0v) is 21.3. The van der Waals surface area contributed by atoms with Crippen LogP contribution in [0.1, 0.15) is 26.6 Å². The molecule has 1 N–H and O–H groups in total. The van der Waals surface area contributed by atoms with E-state index in [9.17, 15) is 20.0 Å². The fourth-order valence-electron chi connectivity index (χ4n) is 4.30. The van der Waals surface area contributed by atoms with Gasteiger partial charge in [0.2, 0.25) is 0 Å². The Balaban J connectivity index is 1.57. The van der Waals surface area contributed by atoms with E-state index in [1.165, 1.54) is 23.5 Å². The van der Waals surface area contributed by atoms with E-state index in [-0.39, 0.29) is 11.6 Å². The maximum atomic E-state index is 13.5. The molecule has 5 aromatic rings. The summed E-state index contributed by atoms with van der Waals surface area (Å²) in [4.78, 5) is 28.8. The lowest BCUT2D eigenvalue weighted by molar-refractivity contribution is -0.385. The van der Waals surface area contributed by atoms with Gasteiger partial charge in [-0.15, -0.1) is 11.3 Å². The zero-order valence-electron chi connectivity index (χ0n) is 19.8. The quantitative estimate of drug-likeness (QED) is 0.194. The fourth-order valence-corrected chi connectivity index (χ4v) is 5.24. The molecule has 0 atom stereocenters. The Morgan fingerprint density at radius 2 is 1.92 bits per heavy atom. The van der Waals surface area contributed by atoms with Gasteiger partial charge >= 0.3 is 5.69 Å². The molecule has 8 nitrogen and oxygen atoms in total. The molecule has 0 aliphatic carbocycles. The molecule has 2 heterocycles. The lowest BCUT2D eigenvalue weighted by atomic mass is 10.1. The number of nitro benzene ring substituents is 1. The van der Waals surface area contributed by atoms with Crippen molar-refractivity contribution >= 4 is 45.4 Å². The largest absolute Gasteiger partial charge is 0.502 e. The molecular weight excluding hydrogens is 514 g/mol. The number of benzene rings is 3. The van der Waals surface area contributed by atoms with Gasteiger partial charge in [0.05, 0.1) is 28.3 Å². The molecule has 0 bridgehead atoms. The summed E-state index contributed by atoms with van der Waals surface area (Å²) in [6.07, 6.45) is 0.446. The Hall–Kier alpha value is -4.21. The van der Waals surface area contributed by atoms with Crippen LogP contribution in [0.4, 0.5) is 5.69 Å². The van der Waals surface area contributed by atoms with Crippen molar-refractivity contribution in [2.75, 3.05) is 7.11 Å². The number of thiazole rings is 1. The van der Waals surface area contributed by atoms with Crippen LogP contribution in [0.2, 0.25) is 5.02 Å². The molecule has 0 fully saturated rings. The SMILES string of the molecule is COc1ccc2c(c1)c(Cc1nc(-c3ccc(O)c([N+](=O)[O-])c3)cs1)c(C)n2C(=O)c1ccc(Cl)cc1. The third-order valence-electron chi connectivity index (χ3n) is 6.18. The average molecular weight is 534 g/mol. The highest BCUT2D eigenvalue weighted by atomic mass is 35.5. The van der Waals surface area contributed by atoms with E-state index in [4.69, 9.17) is 21.3 Å². The van der Waals surface area contributed by atoms with E-state index in [0.717, 1.165) is 27.2 Å². The summed E-state index contributed by atoms with van der Waals surface area (Å²) in [6.45, 7) is 1.90. The van der Waals surface area contributed by atoms with Gasteiger partial charge in [0.15, 0.2) is 5.75 Å². The van der Waals surface area contributed by atoms with Crippen LogP contribution in [0, 0.1) is 17.0 Å². The fraction of sp³-hybridized carbons (Fsp3) is 0.111. The molecule has 2 aromatic heterocycles. The van der Waals surface area contributed by atoms with Gasteiger partial charge in [-0.05, 0) is 67.1 Å². The number of hydrogen-bond donors (Lipinski definition) is 1. The Morgan fingerprint density at radius 3 is 2.62 bits per heavy atom. The molecule has 0 saturated carbocycles. The molecule has 0 saturated heterocycles. The van der Waals surface area contributed by atoms with Gasteiger partial charge in [-0.2, -0.15) is 0 Å². The van der Waals surface area contributed by atoms with Gasteiger partial charge in [-0.1, -0.05) is 11.6 Å². The van der Waals surface area contributed by atoms with Gasteiger partial charge in [-0.25, -0.2) is 4.98 Å². The van der Waals surface area contributed by atoms with Crippen LogP contribution in [-0.2, 0) is 6.42 Å². The smallest absolute Gasteiger partial charge is 0.311 e. The first-order chi connectivity index (χ1) is 17.8. The van der Waals surface area contributed by atoms with Crippen molar-refractivity contribution in [2.24, 2.45) is 0 Å². The maximum Gasteiger partial charge on any atom is 0.311 e. The molecule has 0 spiro atoms. The first-order valence-electron chi connectivity index (χ1n) is 11.2. The van der Waals surface area contributed by atoms with Crippen LogP contribution >= 0.6 is 22.9 Å². The van der Waals surface area contributed by atoms with E-state index < -0.39 is 10.7 Å². The number of phenols is 1. The van der Waals surface area contributed by atoms with Crippen LogP contribution < -0.4 is 4.74 Å². The summed E-state index contributed by atoms with van der Waals surface area (Å²) in [5.74, 6) is 0.0971. The zero-order chi connectivity index (χ0) is 26.3. The molecule has 0 unspecified atom stereocenters. The molecule has 3 aromatic carbocycles. The molecule has 186 valence electrons. The minimum Gasteiger partial charge on any atom is -0.502 e. The predicted molar refractivity (Wildman–Crippen MR) is 143 cm³/mol. The number of hydrogen-bond acceptors (Lipinski definition) is 7. The third-order valence-corrected chi connectivity index (χ3v) is 7.28. The lowest BCUT2D eigenvalue weighted by Crippen LogP contribution is -2.13. The van der Waals surface area contributed by atoms with E-state index in [0.29, 0.717) is 34.0 Å². The number of carbonyl (C=O) groups excluding carboxylic acids is 1. The van der Waals surface area contributed by atoms with Crippen LogP contribution in [0.15, 0.2) is 66.0 Å². The van der Waals surface area contributed by atoms with Crippen molar-refractivity contribution in [3.8, 4) is 22.8 Å². The highest BCUT2D eigenvalue weighted by molar-refractivity contribution is 7.10. The number of methoxy groups -OCH3 is 1. The van der Waals surface area contributed by atoms with Crippen LogP contribution in [0.25, 0.3) is 22.2 Å². The number of nitrogens with zero attached hydrogens (tertiary/aromatic N) is 3. The predicted octanol–water partition coefficient (Wildman–Crippen LogP) is 6.63. The number of halogens is 1. The summed E-state index contributed by atoms with van der Waals surface area (Å²) in [5, 5.41) is 25.0. The number of aromatic hydroxyl groups is 1. The second-order valence-electron chi connectivity index (χ2n) is 8.36. The van der Waals surface area contributed by atoms with Crippen LogP contribution in [-0.4, -0.2) is 32.6 Å². The minimum atomic E-state index is -0.630. The molecule has 0 amide bonds. The lowest BCUT2D eigenvalue weighted by Gasteiger charge is -2.08. The van der Waals surface area contributed by atoms with Gasteiger partial charge in [-0.3, -0.25) is 19.5 Å². The van der Waals surface area contributed by atoms with Gasteiger partial charge < -0.3 is 9.84 Å². The molecule has 10 heteroatoms. The number of aromatic nitrogens is 2. The van der Waals surface area contributed by atoms with Gasteiger partial charge in [0.1, 0.15) is 5.75 Å². The molecule has 5 rings (SSSR count). The molecular formula is C27H20ClN3O5S. The van der Waals surface area contributed by atoms with E-state index in [2.05, 4.69) is 0 Å². The summed E-state index contributed by atoms with van der Waals surface area (Å²) in [7, 11) is 1.59. The topological polar surface area (TPSA) is 107 Å². The number of carbonyl (C=O) groups is 1. The van der Waals surface area contributed by atoms with Crippen molar-refractivity contribution in [1.29, 1.82) is 0 Å². The van der Waals surface area contributed by atoms with Crippen molar-refractivity contribution < 1.29 is 19.6 Å². The Kier molecular flexibility index (Phi) is 6.41. The standard InChI is InChI=1S/C27H20ClN3O5S/c1-15-20(13-26-29-22(14-37-26)17-5-10-25(32)24(11-17)31(34)35)21-12-19(36-2)8-9-23(21)30(15)27(33)16-3-6-18(28)7-4-16/h3-12,14,32H,13H2,1-2H3. The van der Waals surface area contributed by atoms with E-state index in [1.807, 2.05) is 30.5 Å². The summed E-state index contributed by atoms with van der Waals surface area (Å²) in [5.41, 5.74) is 3.69. The highest BCUT2D eigenvalue weighted by Gasteiger charge is 2.22. The Bertz CT molecular complexity index is 1670. The van der Waals surface area contributed by atoms with Crippen molar-refractivity contribution in [1.82, 2.24) is 9.55 Å². The molecule has 37 heavy (non-hydrogen) atoms. The normalized spacial score (nSPS) is 11.1.